The molecule has 1 fully saturated rings. The van der Waals surface area contributed by atoms with Gasteiger partial charge in [0.25, 0.3) is 5.91 Å². The Balaban J connectivity index is 1.62. The van der Waals surface area contributed by atoms with Crippen LogP contribution in [0.5, 0.6) is 5.75 Å². The molecular weight excluding hydrogens is 430 g/mol. The standard InChI is InChI=1S/C20H23NO7S2/c22-17(18-4-2-14-29-18)3-1-11-28-15-5-7-16(8-6-15)30(25,26)20(19(23)21-24)9-12-27-13-10-20/h2,4-8,14,24H,1,3,9-13H2,(H,21,23). The highest BCUT2D eigenvalue weighted by Crippen LogP contribution is 2.35. The molecule has 2 N–H and O–H groups in total. The first-order valence-electron chi connectivity index (χ1n) is 9.47. The summed E-state index contributed by atoms with van der Waals surface area (Å²) in [4.78, 5) is 24.9. The van der Waals surface area contributed by atoms with Crippen molar-refractivity contribution in [1.29, 1.82) is 0 Å². The zero-order valence-corrected chi connectivity index (χ0v) is 17.8. The molecule has 8 nitrogen and oxygen atoms in total. The largest absolute Gasteiger partial charge is 0.494 e. The van der Waals surface area contributed by atoms with Gasteiger partial charge in [0, 0.05) is 19.6 Å². The Bertz CT molecular complexity index is 963. The number of Topliss-reactive ketones (excluding diaryl/α,β-unsaturated/α-hetero) is 1. The number of thiophene rings is 1. The van der Waals surface area contributed by atoms with Gasteiger partial charge < -0.3 is 9.47 Å². The number of rotatable bonds is 9. The van der Waals surface area contributed by atoms with Gasteiger partial charge in [-0.3, -0.25) is 14.8 Å². The lowest BCUT2D eigenvalue weighted by molar-refractivity contribution is -0.134. The van der Waals surface area contributed by atoms with Crippen LogP contribution in [0.1, 0.15) is 35.4 Å². The molecule has 3 rings (SSSR count). The molecule has 1 saturated heterocycles. The molecule has 1 aliphatic heterocycles. The van der Waals surface area contributed by atoms with Gasteiger partial charge in [-0.1, -0.05) is 6.07 Å². The van der Waals surface area contributed by atoms with Crippen LogP contribution < -0.4 is 10.2 Å². The van der Waals surface area contributed by atoms with E-state index in [1.165, 1.54) is 41.1 Å². The van der Waals surface area contributed by atoms with E-state index in [0.717, 1.165) is 4.88 Å². The first kappa shape index (κ1) is 22.4. The van der Waals surface area contributed by atoms with Crippen molar-refractivity contribution in [1.82, 2.24) is 5.48 Å². The van der Waals surface area contributed by atoms with E-state index in [9.17, 15) is 18.0 Å². The molecule has 2 aromatic rings. The summed E-state index contributed by atoms with van der Waals surface area (Å²) in [5.74, 6) is -0.425. The summed E-state index contributed by atoms with van der Waals surface area (Å²) in [7, 11) is -4.06. The molecule has 0 bridgehead atoms. The third kappa shape index (κ3) is 4.56. The van der Waals surface area contributed by atoms with Crippen LogP contribution in [0.25, 0.3) is 0 Å². The van der Waals surface area contributed by atoms with Crippen molar-refractivity contribution in [3.8, 4) is 5.75 Å². The zero-order chi connectivity index (χ0) is 21.6. The summed E-state index contributed by atoms with van der Waals surface area (Å²) >= 11 is 1.41. The van der Waals surface area contributed by atoms with Crippen molar-refractivity contribution >= 4 is 32.9 Å². The van der Waals surface area contributed by atoms with Crippen molar-refractivity contribution < 1.29 is 32.7 Å². The molecule has 1 amide bonds. The Labute approximate surface area is 178 Å². The van der Waals surface area contributed by atoms with E-state index in [1.807, 2.05) is 11.4 Å². The van der Waals surface area contributed by atoms with E-state index in [-0.39, 0.29) is 36.7 Å². The van der Waals surface area contributed by atoms with Crippen LogP contribution in [0.3, 0.4) is 0 Å². The number of hydroxylamine groups is 1. The number of hydrogen-bond acceptors (Lipinski definition) is 8. The monoisotopic (exact) mass is 453 g/mol. The molecule has 30 heavy (non-hydrogen) atoms. The Kier molecular flexibility index (Phi) is 7.24. The van der Waals surface area contributed by atoms with Crippen LogP contribution in [-0.4, -0.2) is 49.9 Å². The summed E-state index contributed by atoms with van der Waals surface area (Å²) in [5, 5.41) is 10.9. The van der Waals surface area contributed by atoms with Crippen molar-refractivity contribution in [2.45, 2.75) is 35.3 Å². The molecule has 0 unspecified atom stereocenters. The molecule has 0 atom stereocenters. The zero-order valence-electron chi connectivity index (χ0n) is 16.2. The molecule has 2 heterocycles. The fourth-order valence-corrected chi connectivity index (χ4v) is 5.98. The molecule has 162 valence electrons. The van der Waals surface area contributed by atoms with Crippen molar-refractivity contribution in [2.24, 2.45) is 0 Å². The summed E-state index contributed by atoms with van der Waals surface area (Å²) in [6.07, 6.45) is 0.820. The normalized spacial score (nSPS) is 16.0. The maximum atomic E-state index is 13.2. The van der Waals surface area contributed by atoms with Crippen molar-refractivity contribution in [2.75, 3.05) is 19.8 Å². The van der Waals surface area contributed by atoms with Crippen LogP contribution in [0, 0.1) is 0 Å². The van der Waals surface area contributed by atoms with Crippen LogP contribution >= 0.6 is 11.3 Å². The highest BCUT2D eigenvalue weighted by atomic mass is 32.2. The van der Waals surface area contributed by atoms with Gasteiger partial charge in [0.15, 0.2) is 20.4 Å². The van der Waals surface area contributed by atoms with Crippen LogP contribution in [0.15, 0.2) is 46.7 Å². The predicted octanol–water partition coefficient (Wildman–Crippen LogP) is 2.62. The minimum absolute atomic E-state index is 0.0341. The molecule has 0 saturated carbocycles. The Morgan fingerprint density at radius 3 is 2.47 bits per heavy atom. The Hall–Kier alpha value is -2.27. The van der Waals surface area contributed by atoms with Crippen molar-refractivity contribution in [3.63, 3.8) is 0 Å². The lowest BCUT2D eigenvalue weighted by Crippen LogP contribution is -2.54. The number of hydrogen-bond donors (Lipinski definition) is 2. The van der Waals surface area contributed by atoms with Gasteiger partial charge in [-0.05, 0) is 55.0 Å². The molecule has 10 heteroatoms. The average Bonchev–Trinajstić information content (AvgIpc) is 3.32. The SMILES string of the molecule is O=C(CCCOc1ccc(S(=O)(=O)C2(C(=O)NO)CCOCC2)cc1)c1cccs1. The predicted molar refractivity (Wildman–Crippen MR) is 110 cm³/mol. The lowest BCUT2D eigenvalue weighted by Gasteiger charge is -2.34. The highest BCUT2D eigenvalue weighted by Gasteiger charge is 2.52. The third-order valence-corrected chi connectivity index (χ3v) is 8.50. The quantitative estimate of drug-likeness (QED) is 0.259. The maximum Gasteiger partial charge on any atom is 0.265 e. The second-order valence-electron chi connectivity index (χ2n) is 6.87. The molecule has 1 aromatic heterocycles. The minimum atomic E-state index is -4.06. The summed E-state index contributed by atoms with van der Waals surface area (Å²) in [5.41, 5.74) is 1.49. The van der Waals surface area contributed by atoms with Crippen molar-refractivity contribution in [3.05, 3.63) is 46.7 Å². The number of benzene rings is 1. The first-order chi connectivity index (χ1) is 14.4. The molecule has 1 aliphatic rings. The summed E-state index contributed by atoms with van der Waals surface area (Å²) < 4.78 is 35.3. The van der Waals surface area contributed by atoms with Gasteiger partial charge in [0.1, 0.15) is 5.75 Å². The summed E-state index contributed by atoms with van der Waals surface area (Å²) in [6, 6.07) is 9.40. The second-order valence-corrected chi connectivity index (χ2v) is 10.1. The Morgan fingerprint density at radius 1 is 1.17 bits per heavy atom. The van der Waals surface area contributed by atoms with Crippen LogP contribution in [0.2, 0.25) is 0 Å². The topological polar surface area (TPSA) is 119 Å². The number of amides is 1. The van der Waals surface area contributed by atoms with E-state index in [1.54, 1.807) is 6.07 Å². The van der Waals surface area contributed by atoms with Gasteiger partial charge in [-0.15, -0.1) is 11.3 Å². The second kappa shape index (κ2) is 9.69. The van der Waals surface area contributed by atoms with Gasteiger partial charge >= 0.3 is 0 Å². The van der Waals surface area contributed by atoms with E-state index in [0.29, 0.717) is 25.2 Å². The minimum Gasteiger partial charge on any atom is -0.494 e. The van der Waals surface area contributed by atoms with E-state index >= 15 is 0 Å². The molecular formula is C20H23NO7S2. The molecule has 1 aromatic carbocycles. The van der Waals surface area contributed by atoms with Gasteiger partial charge in [0.2, 0.25) is 0 Å². The fourth-order valence-electron chi connectivity index (χ4n) is 3.34. The molecule has 0 radical (unpaired) electrons. The number of nitrogens with one attached hydrogen (secondary N) is 1. The number of carbonyl (C=O) groups excluding carboxylic acids is 2. The summed E-state index contributed by atoms with van der Waals surface area (Å²) in [6.45, 7) is 0.535. The van der Waals surface area contributed by atoms with E-state index < -0.39 is 20.5 Å². The molecule has 0 aliphatic carbocycles. The Morgan fingerprint density at radius 2 is 1.87 bits per heavy atom. The van der Waals surface area contributed by atoms with Gasteiger partial charge in [-0.2, -0.15) is 0 Å². The third-order valence-electron chi connectivity index (χ3n) is 5.08. The smallest absolute Gasteiger partial charge is 0.265 e. The number of sulfone groups is 1. The number of carbonyl (C=O) groups is 2. The van der Waals surface area contributed by atoms with E-state index in [2.05, 4.69) is 0 Å². The number of ketones is 1. The fraction of sp³-hybridized carbons (Fsp3) is 0.400. The van der Waals surface area contributed by atoms with Crippen LogP contribution in [-0.2, 0) is 19.4 Å². The lowest BCUT2D eigenvalue weighted by atomic mass is 9.98. The van der Waals surface area contributed by atoms with Gasteiger partial charge in [0.05, 0.1) is 16.4 Å². The first-order valence-corrected chi connectivity index (χ1v) is 11.8. The number of ether oxygens (including phenoxy) is 2. The molecule has 0 spiro atoms. The van der Waals surface area contributed by atoms with Gasteiger partial charge in [-0.25, -0.2) is 13.9 Å². The maximum absolute atomic E-state index is 13.2. The van der Waals surface area contributed by atoms with Crippen LogP contribution in [0.4, 0.5) is 0 Å². The highest BCUT2D eigenvalue weighted by molar-refractivity contribution is 7.93. The average molecular weight is 454 g/mol. The van der Waals surface area contributed by atoms with E-state index in [4.69, 9.17) is 14.7 Å².